The van der Waals surface area contributed by atoms with E-state index in [1.54, 1.807) is 18.2 Å². The number of nitro benzene ring substituents is 1. The molecule has 9 nitrogen and oxygen atoms in total. The van der Waals surface area contributed by atoms with Gasteiger partial charge in [-0.3, -0.25) is 14.9 Å². The smallest absolute Gasteiger partial charge is 0.293 e. The molecular formula is C18H21N3O6S. The Labute approximate surface area is 162 Å². The maximum atomic E-state index is 12.2. The van der Waals surface area contributed by atoms with Crippen molar-refractivity contribution in [3.8, 4) is 5.75 Å². The van der Waals surface area contributed by atoms with Gasteiger partial charge in [0.15, 0.2) is 9.84 Å². The number of nitrogens with one attached hydrogen (secondary N) is 2. The van der Waals surface area contributed by atoms with E-state index in [0.29, 0.717) is 11.3 Å². The summed E-state index contributed by atoms with van der Waals surface area (Å²) in [6.45, 7) is 2.29. The van der Waals surface area contributed by atoms with Crippen molar-refractivity contribution in [2.24, 2.45) is 0 Å². The molecule has 2 N–H and O–H groups in total. The van der Waals surface area contributed by atoms with Crippen molar-refractivity contribution >= 4 is 27.1 Å². The van der Waals surface area contributed by atoms with Gasteiger partial charge in [-0.2, -0.15) is 0 Å². The highest BCUT2D eigenvalue weighted by Crippen LogP contribution is 2.27. The minimum absolute atomic E-state index is 0.133. The monoisotopic (exact) mass is 407 g/mol. The molecule has 0 radical (unpaired) electrons. The standard InChI is InChI=1S/C18H21N3O6S/c1-12-4-5-13(10-17(12)27-2)18(22)20-9-8-19-15-7-6-14(28(3,25)26)11-16(15)21(23)24/h4-7,10-11,19H,8-9H2,1-3H3,(H,20,22). The van der Waals surface area contributed by atoms with E-state index in [2.05, 4.69) is 10.6 Å². The molecule has 0 aliphatic carbocycles. The second-order valence-corrected chi connectivity index (χ2v) is 8.09. The molecule has 10 heteroatoms. The van der Waals surface area contributed by atoms with Crippen LogP contribution in [0, 0.1) is 17.0 Å². The van der Waals surface area contributed by atoms with Crippen molar-refractivity contribution in [2.45, 2.75) is 11.8 Å². The summed E-state index contributed by atoms with van der Waals surface area (Å²) in [6.07, 6.45) is 0.981. The van der Waals surface area contributed by atoms with E-state index in [1.807, 2.05) is 6.92 Å². The minimum Gasteiger partial charge on any atom is -0.496 e. The number of rotatable bonds is 8. The number of carbonyl (C=O) groups is 1. The van der Waals surface area contributed by atoms with Crippen LogP contribution in [0.25, 0.3) is 0 Å². The van der Waals surface area contributed by atoms with Crippen LogP contribution < -0.4 is 15.4 Å². The summed E-state index contributed by atoms with van der Waals surface area (Å²) < 4.78 is 28.3. The van der Waals surface area contributed by atoms with Gasteiger partial charge in [-0.1, -0.05) is 6.07 Å². The molecule has 150 valence electrons. The second-order valence-electron chi connectivity index (χ2n) is 6.08. The van der Waals surface area contributed by atoms with Crippen molar-refractivity contribution in [2.75, 3.05) is 31.8 Å². The summed E-state index contributed by atoms with van der Waals surface area (Å²) in [4.78, 5) is 22.6. The van der Waals surface area contributed by atoms with Crippen LogP contribution in [0.1, 0.15) is 15.9 Å². The van der Waals surface area contributed by atoms with Crippen LogP contribution >= 0.6 is 0 Å². The maximum Gasteiger partial charge on any atom is 0.293 e. The first-order chi connectivity index (χ1) is 13.1. The SMILES string of the molecule is COc1cc(C(=O)NCCNc2ccc(S(C)(=O)=O)cc2[N+](=O)[O-])ccc1C. The summed E-state index contributed by atoms with van der Waals surface area (Å²) in [6, 6.07) is 8.72. The number of carbonyl (C=O) groups excluding carboxylic acids is 1. The second kappa shape index (κ2) is 8.70. The lowest BCUT2D eigenvalue weighted by Gasteiger charge is -2.10. The quantitative estimate of drug-likeness (QED) is 0.390. The lowest BCUT2D eigenvalue weighted by molar-refractivity contribution is -0.384. The number of nitro groups is 1. The number of hydrogen-bond acceptors (Lipinski definition) is 7. The average molecular weight is 407 g/mol. The molecule has 0 aliphatic rings. The summed E-state index contributed by atoms with van der Waals surface area (Å²) in [7, 11) is -2.03. The van der Waals surface area contributed by atoms with Gasteiger partial charge in [0.2, 0.25) is 0 Å². The first kappa shape index (κ1) is 21.2. The zero-order valence-electron chi connectivity index (χ0n) is 15.7. The van der Waals surface area contributed by atoms with Gasteiger partial charge in [-0.05, 0) is 36.8 Å². The number of benzene rings is 2. The number of anilines is 1. The van der Waals surface area contributed by atoms with Crippen LogP contribution in [-0.2, 0) is 9.84 Å². The van der Waals surface area contributed by atoms with Crippen LogP contribution in [0.4, 0.5) is 11.4 Å². The Hall–Kier alpha value is -3.14. The van der Waals surface area contributed by atoms with Gasteiger partial charge in [-0.25, -0.2) is 8.42 Å². The number of methoxy groups -OCH3 is 1. The van der Waals surface area contributed by atoms with Gasteiger partial charge >= 0.3 is 0 Å². The summed E-state index contributed by atoms with van der Waals surface area (Å²) in [5, 5.41) is 16.7. The molecule has 0 heterocycles. The Balaban J connectivity index is 2.00. The van der Waals surface area contributed by atoms with E-state index in [4.69, 9.17) is 4.74 Å². The molecule has 0 spiro atoms. The number of amides is 1. The van der Waals surface area contributed by atoms with Crippen molar-refractivity contribution in [1.29, 1.82) is 0 Å². The molecule has 2 aromatic carbocycles. The summed E-state index contributed by atoms with van der Waals surface area (Å²) in [5.41, 5.74) is 1.16. The van der Waals surface area contributed by atoms with E-state index >= 15 is 0 Å². The van der Waals surface area contributed by atoms with E-state index in [0.717, 1.165) is 17.9 Å². The first-order valence-electron chi connectivity index (χ1n) is 8.28. The Kier molecular flexibility index (Phi) is 6.57. The highest BCUT2D eigenvalue weighted by Gasteiger charge is 2.18. The molecular weight excluding hydrogens is 386 g/mol. The third-order valence-electron chi connectivity index (χ3n) is 3.99. The zero-order chi connectivity index (χ0) is 20.9. The highest BCUT2D eigenvalue weighted by atomic mass is 32.2. The molecule has 0 saturated carbocycles. The van der Waals surface area contributed by atoms with E-state index in [9.17, 15) is 23.3 Å². The molecule has 0 aliphatic heterocycles. The van der Waals surface area contributed by atoms with Gasteiger partial charge in [0.25, 0.3) is 11.6 Å². The van der Waals surface area contributed by atoms with Crippen molar-refractivity contribution < 1.29 is 22.9 Å². The van der Waals surface area contributed by atoms with Gasteiger partial charge < -0.3 is 15.4 Å². The molecule has 1 amide bonds. The number of sulfone groups is 1. The van der Waals surface area contributed by atoms with E-state index < -0.39 is 14.8 Å². The largest absolute Gasteiger partial charge is 0.496 e. The third-order valence-corrected chi connectivity index (χ3v) is 5.10. The lowest BCUT2D eigenvalue weighted by atomic mass is 10.1. The molecule has 28 heavy (non-hydrogen) atoms. The third kappa shape index (κ3) is 5.19. The predicted molar refractivity (Wildman–Crippen MR) is 105 cm³/mol. The van der Waals surface area contributed by atoms with Gasteiger partial charge in [-0.15, -0.1) is 0 Å². The molecule has 0 saturated heterocycles. The average Bonchev–Trinajstić information content (AvgIpc) is 2.64. The van der Waals surface area contributed by atoms with Gasteiger partial charge in [0.1, 0.15) is 11.4 Å². The lowest BCUT2D eigenvalue weighted by Crippen LogP contribution is -2.28. The van der Waals surface area contributed by atoms with Crippen LogP contribution in [-0.4, -0.2) is 45.7 Å². The molecule has 2 aromatic rings. The fourth-order valence-corrected chi connectivity index (χ4v) is 3.12. The van der Waals surface area contributed by atoms with Crippen LogP contribution in [0.5, 0.6) is 5.75 Å². The molecule has 0 fully saturated rings. The van der Waals surface area contributed by atoms with E-state index in [-0.39, 0.29) is 35.3 Å². The molecule has 0 atom stereocenters. The Bertz CT molecular complexity index is 1000. The molecule has 0 bridgehead atoms. The normalized spacial score (nSPS) is 11.0. The summed E-state index contributed by atoms with van der Waals surface area (Å²) >= 11 is 0. The summed E-state index contributed by atoms with van der Waals surface area (Å²) in [5.74, 6) is 0.300. The number of hydrogen-bond donors (Lipinski definition) is 2. The number of aryl methyl sites for hydroxylation is 1. The van der Waals surface area contributed by atoms with Crippen molar-refractivity contribution in [3.63, 3.8) is 0 Å². The fraction of sp³-hybridized carbons (Fsp3) is 0.278. The zero-order valence-corrected chi connectivity index (χ0v) is 16.5. The predicted octanol–water partition coefficient (Wildman–Crippen LogP) is 2.16. The maximum absolute atomic E-state index is 12.2. The minimum atomic E-state index is -3.55. The Morgan fingerprint density at radius 3 is 2.50 bits per heavy atom. The van der Waals surface area contributed by atoms with Gasteiger partial charge in [0.05, 0.1) is 16.9 Å². The van der Waals surface area contributed by atoms with Crippen LogP contribution in [0.3, 0.4) is 0 Å². The number of nitrogens with zero attached hydrogens (tertiary/aromatic N) is 1. The molecule has 2 rings (SSSR count). The van der Waals surface area contributed by atoms with Gasteiger partial charge in [0, 0.05) is 31.0 Å². The van der Waals surface area contributed by atoms with Crippen LogP contribution in [0.15, 0.2) is 41.3 Å². The first-order valence-corrected chi connectivity index (χ1v) is 10.2. The van der Waals surface area contributed by atoms with Crippen molar-refractivity contribution in [1.82, 2.24) is 5.32 Å². The Morgan fingerprint density at radius 2 is 1.89 bits per heavy atom. The van der Waals surface area contributed by atoms with E-state index in [1.165, 1.54) is 19.2 Å². The van der Waals surface area contributed by atoms with Crippen molar-refractivity contribution in [3.05, 3.63) is 57.6 Å². The number of ether oxygens (including phenoxy) is 1. The van der Waals surface area contributed by atoms with Crippen LogP contribution in [0.2, 0.25) is 0 Å². The topological polar surface area (TPSA) is 128 Å². The fourth-order valence-electron chi connectivity index (χ4n) is 2.48. The molecule has 0 unspecified atom stereocenters. The Morgan fingerprint density at radius 1 is 1.18 bits per heavy atom. The highest BCUT2D eigenvalue weighted by molar-refractivity contribution is 7.90. The molecule has 0 aromatic heterocycles.